The van der Waals surface area contributed by atoms with Gasteiger partial charge in [-0.3, -0.25) is 15.0 Å². The van der Waals surface area contributed by atoms with Crippen LogP contribution in [0.1, 0.15) is 12.0 Å². The molecule has 2 aromatic carbocycles. The van der Waals surface area contributed by atoms with E-state index in [1.54, 1.807) is 23.5 Å². The molecule has 1 aliphatic heterocycles. The van der Waals surface area contributed by atoms with E-state index in [2.05, 4.69) is 25.1 Å². The van der Waals surface area contributed by atoms with E-state index in [0.29, 0.717) is 48.9 Å². The molecular weight excluding hydrogens is 579 g/mol. The van der Waals surface area contributed by atoms with Gasteiger partial charge in [0.25, 0.3) is 5.92 Å². The third kappa shape index (κ3) is 6.13. The largest absolute Gasteiger partial charge is 0.492 e. The smallest absolute Gasteiger partial charge is 0.261 e. The van der Waals surface area contributed by atoms with Crippen LogP contribution < -0.4 is 4.74 Å². The molecule has 7 rings (SSSR count). The number of rotatable bonds is 9. The minimum Gasteiger partial charge on any atom is -0.492 e. The predicted molar refractivity (Wildman–Crippen MR) is 169 cm³/mol. The lowest BCUT2D eigenvalue weighted by Crippen LogP contribution is -2.24. The van der Waals surface area contributed by atoms with Crippen LogP contribution in [0.2, 0.25) is 0 Å². The molecule has 230 valence electrons. The van der Waals surface area contributed by atoms with Crippen molar-refractivity contribution in [3.63, 3.8) is 0 Å². The zero-order valence-electron chi connectivity index (χ0n) is 24.9. The van der Waals surface area contributed by atoms with E-state index in [1.165, 1.54) is 12.1 Å². The Morgan fingerprint density at radius 3 is 2.69 bits per heavy atom. The molecule has 0 radical (unpaired) electrons. The number of hydrogen-bond donors (Lipinski definition) is 2. The second-order valence-electron chi connectivity index (χ2n) is 11.9. The molecule has 0 atom stereocenters. The molecular formula is C34H32F3N7O. The number of benzene rings is 2. The molecule has 0 unspecified atom stereocenters. The fourth-order valence-corrected chi connectivity index (χ4v) is 5.88. The third-order valence-corrected chi connectivity index (χ3v) is 8.12. The van der Waals surface area contributed by atoms with Gasteiger partial charge in [0, 0.05) is 67.0 Å². The van der Waals surface area contributed by atoms with Gasteiger partial charge in [0.15, 0.2) is 0 Å². The number of hydrogen-bond acceptors (Lipinski definition) is 6. The molecule has 6 aromatic rings. The van der Waals surface area contributed by atoms with E-state index in [0.717, 1.165) is 44.2 Å². The monoisotopic (exact) mass is 611 g/mol. The van der Waals surface area contributed by atoms with Gasteiger partial charge in [-0.05, 0) is 78.8 Å². The average molecular weight is 612 g/mol. The Morgan fingerprint density at radius 2 is 1.87 bits per heavy atom. The van der Waals surface area contributed by atoms with Crippen LogP contribution in [0, 0.1) is 5.82 Å². The second kappa shape index (κ2) is 11.6. The van der Waals surface area contributed by atoms with Gasteiger partial charge in [-0.1, -0.05) is 6.07 Å². The fourth-order valence-electron chi connectivity index (χ4n) is 5.88. The van der Waals surface area contributed by atoms with Gasteiger partial charge >= 0.3 is 0 Å². The molecule has 1 fully saturated rings. The highest BCUT2D eigenvalue weighted by Gasteiger charge is 2.37. The van der Waals surface area contributed by atoms with Crippen molar-refractivity contribution in [2.75, 3.05) is 40.3 Å². The van der Waals surface area contributed by atoms with Crippen LogP contribution in [0.5, 0.6) is 5.75 Å². The number of H-pyrrole nitrogens is 2. The molecule has 5 heterocycles. The van der Waals surface area contributed by atoms with Crippen LogP contribution in [-0.4, -0.2) is 81.2 Å². The maximum atomic E-state index is 14.7. The molecule has 1 saturated heterocycles. The summed E-state index contributed by atoms with van der Waals surface area (Å²) in [6, 6.07) is 16.6. The summed E-state index contributed by atoms with van der Waals surface area (Å²) in [6.07, 6.45) is 5.09. The van der Waals surface area contributed by atoms with E-state index in [9.17, 15) is 13.2 Å². The second-order valence-corrected chi connectivity index (χ2v) is 11.9. The Balaban J connectivity index is 1.20. The number of nitrogens with one attached hydrogen (secondary N) is 2. The van der Waals surface area contributed by atoms with Gasteiger partial charge in [0.2, 0.25) is 0 Å². The lowest BCUT2D eigenvalue weighted by Gasteiger charge is -2.15. The molecule has 1 aliphatic rings. The SMILES string of the molecule is CN(C)CCOc1cc(F)cc(-c2ccnc3[nH]c(-c4n[nH]c5ccc(-c6cncc(CN7CCC(F)(F)C7)c6)cc45)cc23)c1. The van der Waals surface area contributed by atoms with Crippen molar-refractivity contribution in [2.24, 2.45) is 0 Å². The zero-order valence-corrected chi connectivity index (χ0v) is 24.9. The average Bonchev–Trinajstić information content (AvgIpc) is 3.72. The maximum Gasteiger partial charge on any atom is 0.261 e. The summed E-state index contributed by atoms with van der Waals surface area (Å²) in [7, 11) is 3.92. The molecule has 0 saturated carbocycles. The van der Waals surface area contributed by atoms with Gasteiger partial charge < -0.3 is 14.6 Å². The molecule has 0 bridgehead atoms. The number of ether oxygens (including phenoxy) is 1. The first-order valence-corrected chi connectivity index (χ1v) is 14.8. The number of aromatic amines is 2. The summed E-state index contributed by atoms with van der Waals surface area (Å²) >= 11 is 0. The van der Waals surface area contributed by atoms with Crippen LogP contribution in [0.4, 0.5) is 13.2 Å². The van der Waals surface area contributed by atoms with Gasteiger partial charge in [-0.15, -0.1) is 0 Å². The van der Waals surface area contributed by atoms with Crippen molar-refractivity contribution in [1.29, 1.82) is 0 Å². The van der Waals surface area contributed by atoms with Crippen molar-refractivity contribution in [3.8, 4) is 39.4 Å². The summed E-state index contributed by atoms with van der Waals surface area (Å²) in [5.41, 5.74) is 7.19. The topological polar surface area (TPSA) is 86.0 Å². The molecule has 4 aromatic heterocycles. The van der Waals surface area contributed by atoms with E-state index in [1.807, 2.05) is 61.5 Å². The summed E-state index contributed by atoms with van der Waals surface area (Å²) in [6.45, 7) is 1.73. The number of nitrogens with zero attached hydrogens (tertiary/aromatic N) is 5. The van der Waals surface area contributed by atoms with Crippen LogP contribution in [0.15, 0.2) is 73.2 Å². The highest BCUT2D eigenvalue weighted by atomic mass is 19.3. The first-order valence-electron chi connectivity index (χ1n) is 14.8. The summed E-state index contributed by atoms with van der Waals surface area (Å²) in [5.74, 6) is -2.54. The van der Waals surface area contributed by atoms with Crippen LogP contribution in [0.25, 0.3) is 55.6 Å². The fraction of sp³-hybridized carbons (Fsp3) is 0.265. The minimum absolute atomic E-state index is 0.112. The number of likely N-dealkylation sites (tertiary alicyclic amines) is 1. The van der Waals surface area contributed by atoms with Crippen LogP contribution in [0.3, 0.4) is 0 Å². The Bertz CT molecular complexity index is 2000. The summed E-state index contributed by atoms with van der Waals surface area (Å²) in [4.78, 5) is 16.1. The van der Waals surface area contributed by atoms with Crippen molar-refractivity contribution in [1.82, 2.24) is 34.9 Å². The summed E-state index contributed by atoms with van der Waals surface area (Å²) in [5, 5.41) is 9.45. The molecule has 11 heteroatoms. The Labute approximate surface area is 257 Å². The highest BCUT2D eigenvalue weighted by molar-refractivity contribution is 6.00. The Kier molecular flexibility index (Phi) is 7.50. The molecule has 45 heavy (non-hydrogen) atoms. The number of aromatic nitrogens is 5. The lowest BCUT2D eigenvalue weighted by molar-refractivity contribution is 0.0115. The lowest BCUT2D eigenvalue weighted by atomic mass is 10.0. The zero-order chi connectivity index (χ0) is 31.1. The Morgan fingerprint density at radius 1 is 0.978 bits per heavy atom. The normalized spacial score (nSPS) is 15.1. The highest BCUT2D eigenvalue weighted by Crippen LogP contribution is 2.36. The minimum atomic E-state index is -2.63. The maximum absolute atomic E-state index is 14.7. The van der Waals surface area contributed by atoms with Gasteiger partial charge in [0.05, 0.1) is 17.8 Å². The van der Waals surface area contributed by atoms with Gasteiger partial charge in [-0.2, -0.15) is 5.10 Å². The quantitative estimate of drug-likeness (QED) is 0.188. The number of likely N-dealkylation sites (N-methyl/N-ethyl adjacent to an activating group) is 1. The van der Waals surface area contributed by atoms with Crippen molar-refractivity contribution in [3.05, 3.63) is 84.6 Å². The molecule has 2 N–H and O–H groups in total. The molecule has 0 spiro atoms. The third-order valence-electron chi connectivity index (χ3n) is 8.12. The first-order chi connectivity index (χ1) is 21.7. The van der Waals surface area contributed by atoms with Crippen molar-refractivity contribution < 1.29 is 17.9 Å². The number of alkyl halides is 2. The Hall–Kier alpha value is -4.74. The van der Waals surface area contributed by atoms with E-state index >= 15 is 0 Å². The van der Waals surface area contributed by atoms with Crippen LogP contribution >= 0.6 is 0 Å². The summed E-state index contributed by atoms with van der Waals surface area (Å²) < 4.78 is 47.9. The standard InChI is InChI=1S/C34H32F3N7O/c1-43(2)9-10-45-26-13-23(12-25(35)15-26)27-5-7-39-33-28(27)16-31(40-33)32-29-14-22(3-4-30(29)41-42-32)24-11-21(17-38-18-24)19-44-8-6-34(36,37)20-44/h3-5,7,11-18H,6,8-10,19-20H2,1-2H3,(H,39,40)(H,41,42). The van der Waals surface area contributed by atoms with Crippen molar-refractivity contribution >= 4 is 21.9 Å². The number of halogens is 3. The van der Waals surface area contributed by atoms with E-state index in [-0.39, 0.29) is 18.8 Å². The van der Waals surface area contributed by atoms with E-state index in [4.69, 9.17) is 4.74 Å². The first kappa shape index (κ1) is 29.0. The van der Waals surface area contributed by atoms with Gasteiger partial charge in [0.1, 0.15) is 29.5 Å². The molecule has 0 amide bonds. The van der Waals surface area contributed by atoms with Crippen molar-refractivity contribution in [2.45, 2.75) is 18.9 Å². The van der Waals surface area contributed by atoms with Crippen LogP contribution in [-0.2, 0) is 6.54 Å². The predicted octanol–water partition coefficient (Wildman–Crippen LogP) is 6.76. The van der Waals surface area contributed by atoms with E-state index < -0.39 is 5.92 Å². The number of pyridine rings is 2. The number of fused-ring (bicyclic) bond motifs is 2. The molecule has 8 nitrogen and oxygen atoms in total. The molecule has 0 aliphatic carbocycles. The van der Waals surface area contributed by atoms with Gasteiger partial charge in [-0.25, -0.2) is 18.2 Å².